The summed E-state index contributed by atoms with van der Waals surface area (Å²) in [4.78, 5) is 25.0. The van der Waals surface area contributed by atoms with Crippen molar-refractivity contribution in [3.8, 4) is 11.5 Å². The van der Waals surface area contributed by atoms with Gasteiger partial charge in [-0.1, -0.05) is 26.0 Å². The Bertz CT molecular complexity index is 1100. The number of H-pyrrole nitrogens is 1. The fourth-order valence-corrected chi connectivity index (χ4v) is 3.26. The van der Waals surface area contributed by atoms with E-state index in [9.17, 15) is 9.59 Å². The number of carbonyl (C=O) groups excluding carboxylic acids is 2. The van der Waals surface area contributed by atoms with Crippen LogP contribution in [-0.2, 0) is 5.41 Å². The molecule has 8 nitrogen and oxygen atoms in total. The third kappa shape index (κ3) is 5.08. The van der Waals surface area contributed by atoms with E-state index in [-0.39, 0.29) is 17.2 Å². The van der Waals surface area contributed by atoms with Gasteiger partial charge in [0.15, 0.2) is 11.5 Å². The zero-order valence-corrected chi connectivity index (χ0v) is 18.9. The molecule has 3 rings (SSSR count). The lowest BCUT2D eigenvalue weighted by Crippen LogP contribution is -2.36. The van der Waals surface area contributed by atoms with Gasteiger partial charge in [-0.2, -0.15) is 5.10 Å². The van der Waals surface area contributed by atoms with E-state index in [0.717, 1.165) is 11.3 Å². The third-order valence-corrected chi connectivity index (χ3v) is 5.34. The summed E-state index contributed by atoms with van der Waals surface area (Å²) in [6.45, 7) is 6.36. The number of aromatic amines is 1. The van der Waals surface area contributed by atoms with Crippen molar-refractivity contribution in [3.05, 3.63) is 71.0 Å². The van der Waals surface area contributed by atoms with Crippen molar-refractivity contribution in [3.63, 3.8) is 0 Å². The van der Waals surface area contributed by atoms with Crippen molar-refractivity contribution in [2.75, 3.05) is 26.1 Å². The minimum Gasteiger partial charge on any atom is -0.493 e. The summed E-state index contributed by atoms with van der Waals surface area (Å²) in [7, 11) is 3.07. The molecular formula is C24H28N4O4. The molecule has 0 radical (unpaired) electrons. The lowest BCUT2D eigenvalue weighted by atomic mass is 9.84. The highest BCUT2D eigenvalue weighted by molar-refractivity contribution is 6.04. The molecule has 32 heavy (non-hydrogen) atoms. The van der Waals surface area contributed by atoms with Gasteiger partial charge < -0.3 is 20.1 Å². The second-order valence-electron chi connectivity index (χ2n) is 8.08. The van der Waals surface area contributed by atoms with E-state index in [4.69, 9.17) is 9.47 Å². The molecule has 1 aromatic heterocycles. The molecule has 0 saturated heterocycles. The monoisotopic (exact) mass is 436 g/mol. The minimum atomic E-state index is -0.306. The molecule has 0 fully saturated rings. The molecule has 0 spiro atoms. The molecule has 0 atom stereocenters. The van der Waals surface area contributed by atoms with Crippen LogP contribution in [0.2, 0.25) is 0 Å². The van der Waals surface area contributed by atoms with Crippen LogP contribution in [0, 0.1) is 6.92 Å². The van der Waals surface area contributed by atoms with E-state index >= 15 is 0 Å². The van der Waals surface area contributed by atoms with Gasteiger partial charge in [0.05, 0.1) is 26.0 Å². The van der Waals surface area contributed by atoms with Gasteiger partial charge >= 0.3 is 0 Å². The zero-order chi connectivity index (χ0) is 23.3. The van der Waals surface area contributed by atoms with E-state index < -0.39 is 0 Å². The molecule has 0 unspecified atom stereocenters. The van der Waals surface area contributed by atoms with Gasteiger partial charge in [0.25, 0.3) is 11.8 Å². The van der Waals surface area contributed by atoms with Crippen LogP contribution in [0.3, 0.4) is 0 Å². The van der Waals surface area contributed by atoms with Gasteiger partial charge in [-0.25, -0.2) is 0 Å². The fourth-order valence-electron chi connectivity index (χ4n) is 3.26. The van der Waals surface area contributed by atoms with Crippen molar-refractivity contribution >= 4 is 17.5 Å². The number of ether oxygens (including phenoxy) is 2. The van der Waals surface area contributed by atoms with E-state index in [1.165, 1.54) is 13.3 Å². The van der Waals surface area contributed by atoms with Gasteiger partial charge in [0.2, 0.25) is 0 Å². The normalized spacial score (nSPS) is 11.0. The van der Waals surface area contributed by atoms with E-state index in [1.54, 1.807) is 25.3 Å². The van der Waals surface area contributed by atoms with Gasteiger partial charge in [0, 0.05) is 28.9 Å². The standard InChI is InChI=1S/C24H28N4O4/c1-15-19(13-26-28-15)23(30)25-14-24(2,3)17-7-9-18(10-8-17)27-22(29)16-6-11-20(31-4)21(12-16)32-5/h6-13H,14H2,1-5H3,(H,25,30)(H,26,28)(H,27,29). The van der Waals surface area contributed by atoms with Crippen LogP contribution in [0.4, 0.5) is 5.69 Å². The summed E-state index contributed by atoms with van der Waals surface area (Å²) in [6.07, 6.45) is 1.52. The lowest BCUT2D eigenvalue weighted by molar-refractivity contribution is 0.0944. The van der Waals surface area contributed by atoms with Crippen LogP contribution in [-0.4, -0.2) is 42.8 Å². The molecule has 0 saturated carbocycles. The Morgan fingerprint density at radius 2 is 1.69 bits per heavy atom. The van der Waals surface area contributed by atoms with Crippen molar-refractivity contribution in [1.82, 2.24) is 15.5 Å². The average molecular weight is 437 g/mol. The molecule has 0 bridgehead atoms. The Balaban J connectivity index is 1.64. The Labute approximate surface area is 187 Å². The first kappa shape index (κ1) is 22.9. The second-order valence-corrected chi connectivity index (χ2v) is 8.08. The highest BCUT2D eigenvalue weighted by Crippen LogP contribution is 2.28. The molecule has 0 aliphatic heterocycles. The molecule has 3 aromatic rings. The number of hydrogen-bond donors (Lipinski definition) is 3. The van der Waals surface area contributed by atoms with Crippen molar-refractivity contribution in [2.45, 2.75) is 26.2 Å². The number of nitrogens with zero attached hydrogens (tertiary/aromatic N) is 1. The molecule has 2 amide bonds. The van der Waals surface area contributed by atoms with Gasteiger partial charge in [-0.3, -0.25) is 14.7 Å². The number of aromatic nitrogens is 2. The smallest absolute Gasteiger partial charge is 0.255 e. The zero-order valence-electron chi connectivity index (χ0n) is 18.9. The van der Waals surface area contributed by atoms with Crippen LogP contribution in [0.25, 0.3) is 0 Å². The van der Waals surface area contributed by atoms with Crippen LogP contribution in [0.5, 0.6) is 11.5 Å². The Kier molecular flexibility index (Phi) is 6.82. The largest absolute Gasteiger partial charge is 0.493 e. The molecule has 8 heteroatoms. The Hall–Kier alpha value is -3.81. The van der Waals surface area contributed by atoms with E-state index in [1.807, 2.05) is 45.0 Å². The predicted molar refractivity (Wildman–Crippen MR) is 123 cm³/mol. The topological polar surface area (TPSA) is 105 Å². The maximum absolute atomic E-state index is 12.6. The number of methoxy groups -OCH3 is 2. The highest BCUT2D eigenvalue weighted by atomic mass is 16.5. The van der Waals surface area contributed by atoms with E-state index in [2.05, 4.69) is 20.8 Å². The number of nitrogens with one attached hydrogen (secondary N) is 3. The molecule has 0 aliphatic carbocycles. The SMILES string of the molecule is COc1ccc(C(=O)Nc2ccc(C(C)(C)CNC(=O)c3cn[nH]c3C)cc2)cc1OC. The number of hydrogen-bond acceptors (Lipinski definition) is 5. The van der Waals surface area contributed by atoms with E-state index in [0.29, 0.717) is 34.9 Å². The third-order valence-electron chi connectivity index (χ3n) is 5.34. The minimum absolute atomic E-state index is 0.164. The maximum atomic E-state index is 12.6. The quantitative estimate of drug-likeness (QED) is 0.499. The predicted octanol–water partition coefficient (Wildman–Crippen LogP) is 3.70. The maximum Gasteiger partial charge on any atom is 0.255 e. The van der Waals surface area contributed by atoms with Gasteiger partial charge in [-0.05, 0) is 42.8 Å². The summed E-state index contributed by atoms with van der Waals surface area (Å²) in [5.41, 5.74) is 3.13. The Morgan fingerprint density at radius 3 is 2.28 bits per heavy atom. The first-order valence-electron chi connectivity index (χ1n) is 10.2. The molecule has 168 valence electrons. The van der Waals surface area contributed by atoms with Crippen LogP contribution in [0.1, 0.15) is 45.8 Å². The summed E-state index contributed by atoms with van der Waals surface area (Å²) in [6, 6.07) is 12.6. The first-order chi connectivity index (χ1) is 15.2. The summed E-state index contributed by atoms with van der Waals surface area (Å²) in [5, 5.41) is 12.5. The highest BCUT2D eigenvalue weighted by Gasteiger charge is 2.22. The molecule has 1 heterocycles. The first-order valence-corrected chi connectivity index (χ1v) is 10.2. The number of aryl methyl sites for hydroxylation is 1. The average Bonchev–Trinajstić information content (AvgIpc) is 3.23. The van der Waals surface area contributed by atoms with Crippen LogP contribution >= 0.6 is 0 Å². The number of carbonyl (C=O) groups is 2. The Morgan fingerprint density at radius 1 is 1.00 bits per heavy atom. The summed E-state index contributed by atoms with van der Waals surface area (Å²) >= 11 is 0. The number of benzene rings is 2. The van der Waals surface area contributed by atoms with Gasteiger partial charge in [0.1, 0.15) is 0 Å². The molecule has 0 aliphatic rings. The van der Waals surface area contributed by atoms with Crippen LogP contribution < -0.4 is 20.1 Å². The molecular weight excluding hydrogens is 408 g/mol. The van der Waals surface area contributed by atoms with Crippen molar-refractivity contribution < 1.29 is 19.1 Å². The van der Waals surface area contributed by atoms with Crippen LogP contribution in [0.15, 0.2) is 48.7 Å². The second kappa shape index (κ2) is 9.55. The number of anilines is 1. The van der Waals surface area contributed by atoms with Crippen molar-refractivity contribution in [2.24, 2.45) is 0 Å². The number of amides is 2. The molecule has 3 N–H and O–H groups in total. The lowest BCUT2D eigenvalue weighted by Gasteiger charge is -2.26. The van der Waals surface area contributed by atoms with Gasteiger partial charge in [-0.15, -0.1) is 0 Å². The fraction of sp³-hybridized carbons (Fsp3) is 0.292. The van der Waals surface area contributed by atoms with Crippen molar-refractivity contribution in [1.29, 1.82) is 0 Å². The summed E-state index contributed by atoms with van der Waals surface area (Å²) < 4.78 is 10.5. The summed E-state index contributed by atoms with van der Waals surface area (Å²) in [5.74, 6) is 0.638. The number of rotatable bonds is 8. The molecule has 2 aromatic carbocycles.